The number of carboxylic acid groups (broad SMARTS) is 1. The molecule has 0 spiro atoms. The average molecular weight is 328 g/mol. The van der Waals surface area contributed by atoms with Gasteiger partial charge in [-0.3, -0.25) is 0 Å². The maximum absolute atomic E-state index is 11.0. The Kier molecular flexibility index (Phi) is 4.90. The summed E-state index contributed by atoms with van der Waals surface area (Å²) in [7, 11) is 0. The highest BCUT2D eigenvalue weighted by molar-refractivity contribution is 8.23. The van der Waals surface area contributed by atoms with Gasteiger partial charge in [-0.2, -0.15) is 0 Å². The van der Waals surface area contributed by atoms with Crippen LogP contribution in [0.2, 0.25) is 0 Å². The first kappa shape index (κ1) is 15.3. The minimum absolute atomic E-state index is 0.324. The van der Waals surface area contributed by atoms with Crippen molar-refractivity contribution in [1.82, 2.24) is 0 Å². The summed E-state index contributed by atoms with van der Waals surface area (Å²) in [6.07, 6.45) is 1.23. The Balaban J connectivity index is 2.07. The Morgan fingerprint density at radius 2 is 1.36 bits per heavy atom. The van der Waals surface area contributed by atoms with Crippen molar-refractivity contribution < 1.29 is 9.90 Å². The number of thioether (sulfide) groups is 2. The van der Waals surface area contributed by atoms with Crippen LogP contribution < -0.4 is 0 Å². The van der Waals surface area contributed by atoms with Crippen molar-refractivity contribution in [2.75, 3.05) is 11.5 Å². The van der Waals surface area contributed by atoms with Crippen molar-refractivity contribution in [2.45, 2.75) is 6.42 Å². The van der Waals surface area contributed by atoms with Crippen LogP contribution in [0.4, 0.5) is 0 Å². The van der Waals surface area contributed by atoms with Crippen LogP contribution in [-0.2, 0) is 0 Å². The molecule has 2 nitrogen and oxygen atoms in total. The molecule has 112 valence electrons. The van der Waals surface area contributed by atoms with Crippen LogP contribution in [0.15, 0.2) is 58.8 Å². The van der Waals surface area contributed by atoms with E-state index in [0.717, 1.165) is 17.1 Å². The van der Waals surface area contributed by atoms with E-state index in [1.165, 1.54) is 21.8 Å². The van der Waals surface area contributed by atoms with Gasteiger partial charge in [0.15, 0.2) is 0 Å². The second-order valence-electron chi connectivity index (χ2n) is 4.96. The molecule has 1 N–H and O–H groups in total. The van der Waals surface area contributed by atoms with Crippen LogP contribution >= 0.6 is 23.5 Å². The van der Waals surface area contributed by atoms with Crippen molar-refractivity contribution in [1.29, 1.82) is 0 Å². The summed E-state index contributed by atoms with van der Waals surface area (Å²) >= 11 is 3.80. The van der Waals surface area contributed by atoms with Crippen molar-refractivity contribution >= 4 is 35.1 Å². The van der Waals surface area contributed by atoms with Gasteiger partial charge < -0.3 is 5.11 Å². The van der Waals surface area contributed by atoms with Gasteiger partial charge >= 0.3 is 5.97 Å². The first-order valence-corrected chi connectivity index (χ1v) is 9.12. The van der Waals surface area contributed by atoms with E-state index in [1.54, 1.807) is 12.1 Å². The van der Waals surface area contributed by atoms with Gasteiger partial charge in [0.2, 0.25) is 0 Å². The molecule has 0 aliphatic carbocycles. The summed E-state index contributed by atoms with van der Waals surface area (Å²) in [6.45, 7) is 0. The third-order valence-electron chi connectivity index (χ3n) is 3.44. The minimum Gasteiger partial charge on any atom is -0.478 e. The quantitative estimate of drug-likeness (QED) is 0.863. The summed E-state index contributed by atoms with van der Waals surface area (Å²) in [4.78, 5) is 11.0. The zero-order chi connectivity index (χ0) is 15.4. The Morgan fingerprint density at radius 1 is 0.818 bits per heavy atom. The number of hydrogen-bond donors (Lipinski definition) is 1. The highest BCUT2D eigenvalue weighted by atomic mass is 32.2. The highest BCUT2D eigenvalue weighted by Crippen LogP contribution is 2.42. The lowest BCUT2D eigenvalue weighted by Gasteiger charge is -2.19. The first-order valence-electron chi connectivity index (χ1n) is 7.15. The Labute approximate surface area is 138 Å². The molecule has 0 amide bonds. The molecule has 2 aromatic rings. The molecular weight excluding hydrogens is 312 g/mol. The largest absolute Gasteiger partial charge is 0.478 e. The van der Waals surface area contributed by atoms with E-state index in [9.17, 15) is 4.79 Å². The zero-order valence-corrected chi connectivity index (χ0v) is 13.6. The molecule has 1 heterocycles. The molecule has 1 aliphatic heterocycles. The second kappa shape index (κ2) is 7.07. The Bertz CT molecular complexity index is 683. The van der Waals surface area contributed by atoms with E-state index in [0.29, 0.717) is 5.56 Å². The topological polar surface area (TPSA) is 37.3 Å². The molecule has 0 aromatic heterocycles. The molecule has 0 bridgehead atoms. The lowest BCUT2D eigenvalue weighted by Crippen LogP contribution is -1.99. The van der Waals surface area contributed by atoms with Crippen molar-refractivity contribution in [3.05, 3.63) is 75.5 Å². The zero-order valence-electron chi connectivity index (χ0n) is 12.0. The van der Waals surface area contributed by atoms with Gasteiger partial charge in [0, 0.05) is 9.81 Å². The van der Waals surface area contributed by atoms with Crippen LogP contribution in [0.5, 0.6) is 0 Å². The number of rotatable bonds is 3. The normalized spacial score (nSPS) is 14.6. The van der Waals surface area contributed by atoms with Crippen LogP contribution in [0.3, 0.4) is 0 Å². The summed E-state index contributed by atoms with van der Waals surface area (Å²) in [5.41, 5.74) is 3.80. The number of aromatic carboxylic acids is 1. The third kappa shape index (κ3) is 3.39. The molecule has 1 fully saturated rings. The van der Waals surface area contributed by atoms with Crippen molar-refractivity contribution in [3.8, 4) is 0 Å². The molecule has 0 radical (unpaired) electrons. The van der Waals surface area contributed by atoms with Gasteiger partial charge in [-0.15, -0.1) is 23.5 Å². The van der Waals surface area contributed by atoms with Gasteiger partial charge in [0.25, 0.3) is 0 Å². The van der Waals surface area contributed by atoms with E-state index in [-0.39, 0.29) is 0 Å². The van der Waals surface area contributed by atoms with Crippen LogP contribution in [-0.4, -0.2) is 22.6 Å². The summed E-state index contributed by atoms with van der Waals surface area (Å²) < 4.78 is 1.33. The number of carbonyl (C=O) groups is 1. The summed E-state index contributed by atoms with van der Waals surface area (Å²) in [5.74, 6) is 1.40. The number of carboxylic acids is 1. The standard InChI is InChI=1S/C18H16O2S2/c19-17(20)15-9-7-14(8-10-15)16(13-5-2-1-3-6-13)18-21-11-4-12-22-18/h1-3,5-10H,4,11-12H2,(H,19,20). The van der Waals surface area contributed by atoms with Crippen molar-refractivity contribution in [2.24, 2.45) is 0 Å². The van der Waals surface area contributed by atoms with Gasteiger partial charge in [-0.25, -0.2) is 4.79 Å². The van der Waals surface area contributed by atoms with Crippen molar-refractivity contribution in [3.63, 3.8) is 0 Å². The third-order valence-corrected chi connectivity index (χ3v) is 6.07. The predicted octanol–water partition coefficient (Wildman–Crippen LogP) is 4.97. The lowest BCUT2D eigenvalue weighted by molar-refractivity contribution is 0.0697. The van der Waals surface area contributed by atoms with E-state index in [4.69, 9.17) is 5.11 Å². The molecule has 1 saturated heterocycles. The minimum atomic E-state index is -0.887. The van der Waals surface area contributed by atoms with Gasteiger partial charge in [0.05, 0.1) is 5.56 Å². The molecule has 22 heavy (non-hydrogen) atoms. The number of hydrogen-bond acceptors (Lipinski definition) is 3. The second-order valence-corrected chi connectivity index (χ2v) is 7.43. The first-order chi connectivity index (χ1) is 10.8. The van der Waals surface area contributed by atoms with Crippen LogP contribution in [0, 0.1) is 0 Å². The van der Waals surface area contributed by atoms with E-state index < -0.39 is 5.97 Å². The fourth-order valence-corrected chi connectivity index (χ4v) is 5.09. The monoisotopic (exact) mass is 328 g/mol. The Hall–Kier alpha value is -1.65. The van der Waals surface area contributed by atoms with E-state index in [1.807, 2.05) is 53.9 Å². The molecular formula is C18H16O2S2. The van der Waals surface area contributed by atoms with E-state index >= 15 is 0 Å². The fourth-order valence-electron chi connectivity index (χ4n) is 2.36. The molecule has 3 rings (SSSR count). The maximum atomic E-state index is 11.0. The predicted molar refractivity (Wildman–Crippen MR) is 95.4 cm³/mol. The summed E-state index contributed by atoms with van der Waals surface area (Å²) in [6, 6.07) is 17.5. The van der Waals surface area contributed by atoms with Crippen LogP contribution in [0.25, 0.3) is 5.57 Å². The molecule has 4 heteroatoms. The fraction of sp³-hybridized carbons (Fsp3) is 0.167. The van der Waals surface area contributed by atoms with Gasteiger partial charge in [-0.05, 0) is 41.2 Å². The number of benzene rings is 2. The SMILES string of the molecule is O=C(O)c1ccc(C(=C2SCCCS2)c2ccccc2)cc1. The molecule has 0 atom stereocenters. The van der Waals surface area contributed by atoms with Gasteiger partial charge in [-0.1, -0.05) is 42.5 Å². The Morgan fingerprint density at radius 3 is 1.95 bits per heavy atom. The molecule has 0 saturated carbocycles. The van der Waals surface area contributed by atoms with E-state index in [2.05, 4.69) is 12.1 Å². The average Bonchev–Trinajstić information content (AvgIpc) is 2.57. The molecule has 0 unspecified atom stereocenters. The molecule has 2 aromatic carbocycles. The molecule has 1 aliphatic rings. The highest BCUT2D eigenvalue weighted by Gasteiger charge is 2.16. The summed E-state index contributed by atoms with van der Waals surface area (Å²) in [5, 5.41) is 9.06. The lowest BCUT2D eigenvalue weighted by atomic mass is 9.98. The van der Waals surface area contributed by atoms with Crippen LogP contribution in [0.1, 0.15) is 27.9 Å². The maximum Gasteiger partial charge on any atom is 0.335 e. The van der Waals surface area contributed by atoms with Gasteiger partial charge in [0.1, 0.15) is 0 Å². The smallest absolute Gasteiger partial charge is 0.335 e.